The largest absolute Gasteiger partial charge is 0.497 e. The molecule has 0 aromatic heterocycles. The third kappa shape index (κ3) is 3.70. The fraction of sp³-hybridized carbons (Fsp3) is 0.619. The number of piperazine rings is 1. The van der Waals surface area contributed by atoms with Crippen molar-refractivity contribution in [2.75, 3.05) is 46.9 Å². The summed E-state index contributed by atoms with van der Waals surface area (Å²) in [5, 5.41) is 0. The first-order chi connectivity index (χ1) is 12.2. The van der Waals surface area contributed by atoms with Gasteiger partial charge in [0.05, 0.1) is 14.2 Å². The van der Waals surface area contributed by atoms with E-state index in [9.17, 15) is 0 Å². The molecule has 4 nitrogen and oxygen atoms in total. The van der Waals surface area contributed by atoms with Crippen molar-refractivity contribution < 1.29 is 9.47 Å². The van der Waals surface area contributed by atoms with Crippen molar-refractivity contribution in [3.63, 3.8) is 0 Å². The molecule has 4 heteroatoms. The molecule has 0 spiro atoms. The molecule has 1 saturated carbocycles. The second-order valence-electron chi connectivity index (χ2n) is 7.79. The lowest BCUT2D eigenvalue weighted by Crippen LogP contribution is -2.47. The SMILES string of the molecule is COc1ccc(OC)c(CN2CCN(C[C@@H]3C[C@H]4C=C[C@@H]3C4)CC2)c1. The fourth-order valence-corrected chi connectivity index (χ4v) is 4.81. The van der Waals surface area contributed by atoms with E-state index in [2.05, 4.69) is 28.0 Å². The van der Waals surface area contributed by atoms with E-state index in [-0.39, 0.29) is 0 Å². The van der Waals surface area contributed by atoms with Crippen molar-refractivity contribution in [1.82, 2.24) is 9.80 Å². The van der Waals surface area contributed by atoms with Crippen LogP contribution in [0.15, 0.2) is 30.4 Å². The van der Waals surface area contributed by atoms with E-state index in [0.29, 0.717) is 0 Å². The Morgan fingerprint density at radius 2 is 1.76 bits per heavy atom. The Balaban J connectivity index is 1.29. The molecule has 25 heavy (non-hydrogen) atoms. The van der Waals surface area contributed by atoms with Crippen LogP contribution in [0.5, 0.6) is 11.5 Å². The first-order valence-electron chi connectivity index (χ1n) is 9.59. The van der Waals surface area contributed by atoms with Crippen LogP contribution >= 0.6 is 0 Å². The Morgan fingerprint density at radius 3 is 2.40 bits per heavy atom. The zero-order valence-electron chi connectivity index (χ0n) is 15.5. The van der Waals surface area contributed by atoms with Gasteiger partial charge in [0.1, 0.15) is 11.5 Å². The Bertz CT molecular complexity index is 622. The Morgan fingerprint density at radius 1 is 0.960 bits per heavy atom. The standard InChI is InChI=1S/C21H30N2O2/c1-24-20-5-6-21(25-2)19(13-20)15-23-9-7-22(8-10-23)14-18-12-16-3-4-17(18)11-16/h3-6,13,16-18H,7-12,14-15H2,1-2H3/t16-,17+,18-/m0/s1. The molecule has 1 heterocycles. The lowest BCUT2D eigenvalue weighted by atomic mass is 9.93. The summed E-state index contributed by atoms with van der Waals surface area (Å²) in [6.07, 6.45) is 7.76. The first-order valence-corrected chi connectivity index (χ1v) is 9.59. The second-order valence-corrected chi connectivity index (χ2v) is 7.79. The minimum Gasteiger partial charge on any atom is -0.497 e. The second kappa shape index (κ2) is 7.38. The van der Waals surface area contributed by atoms with Gasteiger partial charge in [-0.1, -0.05) is 12.2 Å². The van der Waals surface area contributed by atoms with Gasteiger partial charge in [-0.25, -0.2) is 0 Å². The van der Waals surface area contributed by atoms with E-state index in [1.807, 2.05) is 12.1 Å². The van der Waals surface area contributed by atoms with Gasteiger partial charge in [0.2, 0.25) is 0 Å². The third-order valence-corrected chi connectivity index (χ3v) is 6.26. The molecule has 136 valence electrons. The molecule has 2 bridgehead atoms. The Kier molecular flexibility index (Phi) is 5.00. The number of benzene rings is 1. The van der Waals surface area contributed by atoms with Crippen molar-refractivity contribution in [3.05, 3.63) is 35.9 Å². The van der Waals surface area contributed by atoms with Crippen LogP contribution in [0, 0.1) is 17.8 Å². The summed E-state index contributed by atoms with van der Waals surface area (Å²) < 4.78 is 10.9. The molecular weight excluding hydrogens is 312 g/mol. The molecule has 2 aliphatic carbocycles. The maximum absolute atomic E-state index is 5.53. The number of allylic oxidation sites excluding steroid dienone is 2. The van der Waals surface area contributed by atoms with Crippen LogP contribution in [0.1, 0.15) is 18.4 Å². The normalized spacial score (nSPS) is 29.3. The molecule has 1 aromatic rings. The predicted molar refractivity (Wildman–Crippen MR) is 100 cm³/mol. The van der Waals surface area contributed by atoms with Gasteiger partial charge in [-0.3, -0.25) is 4.90 Å². The average Bonchev–Trinajstić information content (AvgIpc) is 3.26. The minimum absolute atomic E-state index is 0.865. The third-order valence-electron chi connectivity index (χ3n) is 6.26. The Labute approximate surface area is 151 Å². The number of nitrogens with zero attached hydrogens (tertiary/aromatic N) is 2. The zero-order chi connectivity index (χ0) is 17.2. The molecule has 2 fully saturated rings. The van der Waals surface area contributed by atoms with Gasteiger partial charge in [0.25, 0.3) is 0 Å². The number of hydrogen-bond acceptors (Lipinski definition) is 4. The van der Waals surface area contributed by atoms with Crippen LogP contribution in [0.25, 0.3) is 0 Å². The molecule has 3 atom stereocenters. The maximum Gasteiger partial charge on any atom is 0.123 e. The molecule has 4 rings (SSSR count). The number of ether oxygens (including phenoxy) is 2. The molecule has 3 aliphatic rings. The van der Waals surface area contributed by atoms with Crippen LogP contribution in [-0.4, -0.2) is 56.7 Å². The summed E-state index contributed by atoms with van der Waals surface area (Å²) in [6.45, 7) is 6.87. The zero-order valence-corrected chi connectivity index (χ0v) is 15.5. The number of methoxy groups -OCH3 is 2. The maximum atomic E-state index is 5.53. The minimum atomic E-state index is 0.865. The van der Waals surface area contributed by atoms with Crippen LogP contribution in [0.3, 0.4) is 0 Å². The molecule has 0 amide bonds. The highest BCUT2D eigenvalue weighted by Crippen LogP contribution is 2.43. The molecular formula is C21H30N2O2. The summed E-state index contributed by atoms with van der Waals surface area (Å²) >= 11 is 0. The van der Waals surface area contributed by atoms with Crippen molar-refractivity contribution in [2.45, 2.75) is 19.4 Å². The first kappa shape index (κ1) is 16.9. The lowest BCUT2D eigenvalue weighted by molar-refractivity contribution is 0.108. The van der Waals surface area contributed by atoms with Crippen LogP contribution < -0.4 is 9.47 Å². The van der Waals surface area contributed by atoms with Crippen molar-refractivity contribution in [3.8, 4) is 11.5 Å². The van der Waals surface area contributed by atoms with E-state index < -0.39 is 0 Å². The molecule has 1 aliphatic heterocycles. The van der Waals surface area contributed by atoms with E-state index in [1.54, 1.807) is 14.2 Å². The van der Waals surface area contributed by atoms with Crippen LogP contribution in [0.4, 0.5) is 0 Å². The van der Waals surface area contributed by atoms with Gasteiger partial charge in [-0.2, -0.15) is 0 Å². The quantitative estimate of drug-likeness (QED) is 0.742. The Hall–Kier alpha value is -1.52. The van der Waals surface area contributed by atoms with Gasteiger partial charge in [-0.05, 0) is 48.8 Å². The fourth-order valence-electron chi connectivity index (χ4n) is 4.81. The van der Waals surface area contributed by atoms with E-state index in [1.165, 1.54) is 38.0 Å². The molecule has 0 radical (unpaired) electrons. The van der Waals surface area contributed by atoms with Gasteiger partial charge < -0.3 is 14.4 Å². The topological polar surface area (TPSA) is 24.9 Å². The molecule has 0 N–H and O–H groups in total. The molecule has 1 aromatic carbocycles. The van der Waals surface area contributed by atoms with E-state index in [0.717, 1.165) is 48.9 Å². The summed E-state index contributed by atoms with van der Waals surface area (Å²) in [5.74, 6) is 4.51. The number of hydrogen-bond donors (Lipinski definition) is 0. The van der Waals surface area contributed by atoms with Crippen LogP contribution in [-0.2, 0) is 6.54 Å². The molecule has 1 saturated heterocycles. The smallest absolute Gasteiger partial charge is 0.123 e. The summed E-state index contributed by atoms with van der Waals surface area (Å²) in [7, 11) is 3.46. The predicted octanol–water partition coefficient (Wildman–Crippen LogP) is 3.03. The lowest BCUT2D eigenvalue weighted by Gasteiger charge is -2.37. The number of fused-ring (bicyclic) bond motifs is 2. The highest BCUT2D eigenvalue weighted by molar-refractivity contribution is 5.40. The molecule has 0 unspecified atom stereocenters. The van der Waals surface area contributed by atoms with Crippen molar-refractivity contribution in [2.24, 2.45) is 17.8 Å². The van der Waals surface area contributed by atoms with Crippen LogP contribution in [0.2, 0.25) is 0 Å². The van der Waals surface area contributed by atoms with Crippen molar-refractivity contribution in [1.29, 1.82) is 0 Å². The van der Waals surface area contributed by atoms with E-state index in [4.69, 9.17) is 9.47 Å². The van der Waals surface area contributed by atoms with Crippen molar-refractivity contribution >= 4 is 0 Å². The highest BCUT2D eigenvalue weighted by atomic mass is 16.5. The van der Waals surface area contributed by atoms with E-state index >= 15 is 0 Å². The monoisotopic (exact) mass is 342 g/mol. The van der Waals surface area contributed by atoms with Gasteiger partial charge >= 0.3 is 0 Å². The average molecular weight is 342 g/mol. The van der Waals surface area contributed by atoms with Gasteiger partial charge in [0, 0.05) is 44.8 Å². The number of rotatable bonds is 6. The summed E-state index contributed by atoms with van der Waals surface area (Å²) in [5.41, 5.74) is 1.22. The van der Waals surface area contributed by atoms with Gasteiger partial charge in [-0.15, -0.1) is 0 Å². The van der Waals surface area contributed by atoms with Gasteiger partial charge in [0.15, 0.2) is 0 Å². The highest BCUT2D eigenvalue weighted by Gasteiger charge is 2.36. The summed E-state index contributed by atoms with van der Waals surface area (Å²) in [4.78, 5) is 5.22. The summed E-state index contributed by atoms with van der Waals surface area (Å²) in [6, 6.07) is 6.07.